The maximum atomic E-state index is 4.60. The van der Waals surface area contributed by atoms with E-state index in [4.69, 9.17) is 0 Å². The van der Waals surface area contributed by atoms with Crippen molar-refractivity contribution in [1.82, 2.24) is 4.98 Å². The Morgan fingerprint density at radius 3 is 2.32 bits per heavy atom. The van der Waals surface area contributed by atoms with Crippen LogP contribution in [0, 0.1) is 17.8 Å². The summed E-state index contributed by atoms with van der Waals surface area (Å²) in [5.74, 6) is 0. The summed E-state index contributed by atoms with van der Waals surface area (Å²) in [7, 11) is 0. The van der Waals surface area contributed by atoms with Crippen molar-refractivity contribution in [2.24, 2.45) is 10.8 Å². The molecule has 1 fully saturated rings. The zero-order chi connectivity index (χ0) is 13.8. The van der Waals surface area contributed by atoms with Crippen LogP contribution in [-0.4, -0.2) is 11.0 Å². The first-order valence-electron chi connectivity index (χ1n) is 6.97. The Kier molecular flexibility index (Phi) is 2.44. The zero-order valence-electron chi connectivity index (χ0n) is 12.4. The Bertz CT molecular complexity index is 627. The van der Waals surface area contributed by atoms with Gasteiger partial charge in [0.05, 0.1) is 5.52 Å². The lowest BCUT2D eigenvalue weighted by atomic mass is 10.0. The van der Waals surface area contributed by atoms with Gasteiger partial charge in [-0.25, -0.2) is 0 Å². The van der Waals surface area contributed by atoms with Gasteiger partial charge in [0.25, 0.3) is 0 Å². The molecule has 0 atom stereocenters. The number of pyridine rings is 1. The molecule has 19 heavy (non-hydrogen) atoms. The summed E-state index contributed by atoms with van der Waals surface area (Å²) in [5, 5.41) is 4.95. The largest absolute Gasteiger partial charge is 0.381 e. The number of aryl methyl sites for hydroxylation is 1. The Morgan fingerprint density at radius 1 is 1.05 bits per heavy atom. The predicted molar refractivity (Wildman–Crippen MR) is 81.5 cm³/mol. The molecule has 3 rings (SSSR count). The first-order chi connectivity index (χ1) is 8.84. The number of hydrogen-bond donors (Lipinski definition) is 1. The van der Waals surface area contributed by atoms with E-state index in [-0.39, 0.29) is 0 Å². The molecule has 0 spiro atoms. The molecule has 0 unspecified atom stereocenters. The third kappa shape index (κ3) is 1.73. The third-order valence-electron chi connectivity index (χ3n) is 5.16. The third-order valence-corrected chi connectivity index (χ3v) is 5.16. The van der Waals surface area contributed by atoms with Crippen LogP contribution in [0.3, 0.4) is 0 Å². The molecule has 2 aromatic rings. The number of benzene rings is 1. The van der Waals surface area contributed by atoms with Crippen LogP contribution in [0.15, 0.2) is 30.3 Å². The molecule has 1 aliphatic carbocycles. The van der Waals surface area contributed by atoms with Crippen LogP contribution in [0.25, 0.3) is 10.9 Å². The highest BCUT2D eigenvalue weighted by Gasteiger charge is 2.64. The second kappa shape index (κ2) is 3.72. The van der Waals surface area contributed by atoms with Gasteiger partial charge in [0.15, 0.2) is 0 Å². The van der Waals surface area contributed by atoms with Gasteiger partial charge in [0, 0.05) is 22.8 Å². The van der Waals surface area contributed by atoms with Crippen molar-refractivity contribution < 1.29 is 0 Å². The maximum Gasteiger partial charge on any atom is 0.0725 e. The van der Waals surface area contributed by atoms with E-state index in [0.29, 0.717) is 16.9 Å². The van der Waals surface area contributed by atoms with Gasteiger partial charge in [0.2, 0.25) is 0 Å². The van der Waals surface area contributed by atoms with Crippen molar-refractivity contribution in [3.63, 3.8) is 0 Å². The lowest BCUT2D eigenvalue weighted by Crippen LogP contribution is -2.10. The van der Waals surface area contributed by atoms with Crippen LogP contribution >= 0.6 is 0 Å². The van der Waals surface area contributed by atoms with Gasteiger partial charge in [0.1, 0.15) is 0 Å². The monoisotopic (exact) mass is 254 g/mol. The van der Waals surface area contributed by atoms with Gasteiger partial charge in [-0.1, -0.05) is 45.9 Å². The summed E-state index contributed by atoms with van der Waals surface area (Å²) in [6.07, 6.45) is 0. The number of aromatic nitrogens is 1. The summed E-state index contributed by atoms with van der Waals surface area (Å²) in [5.41, 5.74) is 4.03. The molecule has 1 heterocycles. The highest BCUT2D eigenvalue weighted by molar-refractivity contribution is 5.91. The van der Waals surface area contributed by atoms with Crippen molar-refractivity contribution in [3.05, 3.63) is 36.0 Å². The maximum absolute atomic E-state index is 4.60. The summed E-state index contributed by atoms with van der Waals surface area (Å²) in [4.78, 5) is 4.60. The fourth-order valence-electron chi connectivity index (χ4n) is 3.14. The minimum absolute atomic E-state index is 0.339. The van der Waals surface area contributed by atoms with Gasteiger partial charge < -0.3 is 5.32 Å². The van der Waals surface area contributed by atoms with E-state index >= 15 is 0 Å². The molecule has 1 aromatic heterocycles. The molecule has 2 heteroatoms. The molecule has 100 valence electrons. The van der Waals surface area contributed by atoms with Crippen LogP contribution < -0.4 is 5.32 Å². The van der Waals surface area contributed by atoms with Crippen LogP contribution in [-0.2, 0) is 0 Å². The van der Waals surface area contributed by atoms with Gasteiger partial charge >= 0.3 is 0 Å². The molecule has 0 saturated heterocycles. The number of nitrogens with zero attached hydrogens (tertiary/aromatic N) is 1. The van der Waals surface area contributed by atoms with Crippen molar-refractivity contribution in [2.75, 3.05) is 5.32 Å². The minimum atomic E-state index is 0.339. The molecule has 1 aliphatic rings. The number of rotatable bonds is 2. The highest BCUT2D eigenvalue weighted by Crippen LogP contribution is 2.63. The second-order valence-electron chi connectivity index (χ2n) is 6.85. The standard InChI is InChI=1S/C17H22N2/c1-11-10-14(12-8-6-7-9-13(12)18-11)19-15-16(2,3)17(15,4)5/h6-10,15H,1-5H3,(H,18,19). The molecule has 2 nitrogen and oxygen atoms in total. The molecule has 1 N–H and O–H groups in total. The average Bonchev–Trinajstić information content (AvgIpc) is 2.71. The molecule has 0 amide bonds. The van der Waals surface area contributed by atoms with Gasteiger partial charge in [-0.05, 0) is 29.9 Å². The zero-order valence-corrected chi connectivity index (χ0v) is 12.4. The first-order valence-corrected chi connectivity index (χ1v) is 6.97. The van der Waals surface area contributed by atoms with Crippen LogP contribution in [0.5, 0.6) is 0 Å². The van der Waals surface area contributed by atoms with E-state index in [2.05, 4.69) is 69.2 Å². The van der Waals surface area contributed by atoms with E-state index in [0.717, 1.165) is 11.2 Å². The summed E-state index contributed by atoms with van der Waals surface area (Å²) in [6, 6.07) is 11.0. The predicted octanol–water partition coefficient (Wildman–Crippen LogP) is 4.39. The molecule has 0 aliphatic heterocycles. The lowest BCUT2D eigenvalue weighted by molar-refractivity contribution is 0.457. The van der Waals surface area contributed by atoms with Crippen molar-refractivity contribution in [1.29, 1.82) is 0 Å². The van der Waals surface area contributed by atoms with Gasteiger partial charge in [-0.2, -0.15) is 0 Å². The number of nitrogens with one attached hydrogen (secondary N) is 1. The molecular weight excluding hydrogens is 232 g/mol. The fraction of sp³-hybridized carbons (Fsp3) is 0.471. The SMILES string of the molecule is Cc1cc(NC2C(C)(C)C2(C)C)c2ccccc2n1. The summed E-state index contributed by atoms with van der Waals surface area (Å²) in [6.45, 7) is 11.4. The number of hydrogen-bond acceptors (Lipinski definition) is 2. The van der Waals surface area contributed by atoms with E-state index in [1.807, 2.05) is 6.07 Å². The Labute approximate surface area is 115 Å². The normalized spacial score (nSPS) is 20.5. The van der Waals surface area contributed by atoms with E-state index in [9.17, 15) is 0 Å². The minimum Gasteiger partial charge on any atom is -0.381 e. The first kappa shape index (κ1) is 12.5. The van der Waals surface area contributed by atoms with E-state index < -0.39 is 0 Å². The van der Waals surface area contributed by atoms with Crippen molar-refractivity contribution >= 4 is 16.6 Å². The average molecular weight is 254 g/mol. The topological polar surface area (TPSA) is 24.9 Å². The highest BCUT2D eigenvalue weighted by atomic mass is 15.0. The van der Waals surface area contributed by atoms with Gasteiger partial charge in [-0.15, -0.1) is 0 Å². The molecular formula is C17H22N2. The quantitative estimate of drug-likeness (QED) is 0.859. The fourth-order valence-corrected chi connectivity index (χ4v) is 3.14. The second-order valence-corrected chi connectivity index (χ2v) is 6.85. The Morgan fingerprint density at radius 2 is 1.68 bits per heavy atom. The molecule has 0 radical (unpaired) electrons. The smallest absolute Gasteiger partial charge is 0.0725 e. The molecule has 0 bridgehead atoms. The van der Waals surface area contributed by atoms with Crippen LogP contribution in [0.2, 0.25) is 0 Å². The van der Waals surface area contributed by atoms with Crippen LogP contribution in [0.1, 0.15) is 33.4 Å². The van der Waals surface area contributed by atoms with Crippen molar-refractivity contribution in [3.8, 4) is 0 Å². The van der Waals surface area contributed by atoms with E-state index in [1.165, 1.54) is 11.1 Å². The number of fused-ring (bicyclic) bond motifs is 1. The Hall–Kier alpha value is -1.57. The Balaban J connectivity index is 2.03. The number of anilines is 1. The van der Waals surface area contributed by atoms with Gasteiger partial charge in [-0.3, -0.25) is 4.98 Å². The van der Waals surface area contributed by atoms with E-state index in [1.54, 1.807) is 0 Å². The lowest BCUT2D eigenvalue weighted by Gasteiger charge is -2.12. The van der Waals surface area contributed by atoms with Crippen LogP contribution in [0.4, 0.5) is 5.69 Å². The molecule has 1 aromatic carbocycles. The number of para-hydroxylation sites is 1. The summed E-state index contributed by atoms with van der Waals surface area (Å²) >= 11 is 0. The molecule has 1 saturated carbocycles. The van der Waals surface area contributed by atoms with Crippen molar-refractivity contribution in [2.45, 2.75) is 40.7 Å². The summed E-state index contributed by atoms with van der Waals surface area (Å²) < 4.78 is 0.